The fraction of sp³-hybridized carbons (Fsp3) is 0.478. The Bertz CT molecular complexity index is 776. The molecule has 1 aromatic carbocycles. The number of carbonyl (C=O) groups excluding carboxylic acids is 1. The van der Waals surface area contributed by atoms with E-state index in [1.54, 1.807) is 0 Å². The molecule has 0 unspecified atom stereocenters. The molecule has 6 heteroatoms. The molecule has 0 aliphatic carbocycles. The maximum Gasteiger partial charge on any atom is 0.226 e. The third-order valence-corrected chi connectivity index (χ3v) is 5.84. The predicted molar refractivity (Wildman–Crippen MR) is 111 cm³/mol. The predicted octanol–water partition coefficient (Wildman–Crippen LogP) is 2.74. The summed E-state index contributed by atoms with van der Waals surface area (Å²) in [5.74, 6) is 0.975. The number of hydrogen-bond donors (Lipinski definition) is 0. The summed E-state index contributed by atoms with van der Waals surface area (Å²) in [5.41, 5.74) is 1.16. The lowest BCUT2D eigenvalue weighted by atomic mass is 9.89. The second-order valence-electron chi connectivity index (χ2n) is 7.89. The van der Waals surface area contributed by atoms with E-state index >= 15 is 0 Å². The van der Waals surface area contributed by atoms with Crippen molar-refractivity contribution in [3.05, 3.63) is 60.4 Å². The summed E-state index contributed by atoms with van der Waals surface area (Å²) < 4.78 is 11.9. The molecule has 2 aromatic rings. The molecule has 2 saturated heterocycles. The number of morpholine rings is 1. The van der Waals surface area contributed by atoms with Crippen molar-refractivity contribution in [1.82, 2.24) is 14.8 Å². The first-order chi connectivity index (χ1) is 14.2. The lowest BCUT2D eigenvalue weighted by Crippen LogP contribution is -2.57. The normalized spacial score (nSPS) is 19.2. The maximum atomic E-state index is 12.6. The van der Waals surface area contributed by atoms with Gasteiger partial charge in [-0.05, 0) is 42.7 Å². The standard InChI is InChI=1S/C23H29N3O3/c27-22(8-16-28-21-4-2-1-3-5-21)26-13-9-23(10-14-26)19-25(15-17-29-23)18-20-6-11-24-12-7-20/h1-7,11-12H,8-10,13-19H2. The van der Waals surface area contributed by atoms with E-state index in [-0.39, 0.29) is 11.5 Å². The van der Waals surface area contributed by atoms with Gasteiger partial charge in [-0.25, -0.2) is 0 Å². The second-order valence-corrected chi connectivity index (χ2v) is 7.89. The molecule has 154 valence electrons. The van der Waals surface area contributed by atoms with Crippen molar-refractivity contribution in [3.8, 4) is 5.75 Å². The Morgan fingerprint density at radius 1 is 1.07 bits per heavy atom. The molecule has 3 heterocycles. The highest BCUT2D eigenvalue weighted by atomic mass is 16.5. The molecular weight excluding hydrogens is 366 g/mol. The van der Waals surface area contributed by atoms with Crippen molar-refractivity contribution in [2.24, 2.45) is 0 Å². The summed E-state index contributed by atoms with van der Waals surface area (Å²) in [6, 6.07) is 13.8. The van der Waals surface area contributed by atoms with Gasteiger partial charge in [0.1, 0.15) is 5.75 Å². The molecule has 29 heavy (non-hydrogen) atoms. The molecule has 1 spiro atoms. The molecule has 0 radical (unpaired) electrons. The number of aromatic nitrogens is 1. The average molecular weight is 396 g/mol. The lowest BCUT2D eigenvalue weighted by molar-refractivity contribution is -0.151. The summed E-state index contributed by atoms with van der Waals surface area (Å²) in [6.45, 7) is 5.48. The molecule has 1 amide bonds. The molecule has 2 aliphatic heterocycles. The van der Waals surface area contributed by atoms with E-state index in [4.69, 9.17) is 9.47 Å². The van der Waals surface area contributed by atoms with E-state index < -0.39 is 0 Å². The highest BCUT2D eigenvalue weighted by Crippen LogP contribution is 2.31. The number of piperidine rings is 1. The van der Waals surface area contributed by atoms with Gasteiger partial charge in [0.05, 0.1) is 25.2 Å². The van der Waals surface area contributed by atoms with Crippen LogP contribution in [0.4, 0.5) is 0 Å². The molecule has 0 saturated carbocycles. The Morgan fingerprint density at radius 2 is 1.83 bits per heavy atom. The Balaban J connectivity index is 1.23. The van der Waals surface area contributed by atoms with Crippen molar-refractivity contribution in [2.75, 3.05) is 39.4 Å². The topological polar surface area (TPSA) is 54.9 Å². The minimum absolute atomic E-state index is 0.122. The maximum absolute atomic E-state index is 12.6. The first-order valence-electron chi connectivity index (χ1n) is 10.4. The average Bonchev–Trinajstić information content (AvgIpc) is 2.76. The fourth-order valence-electron chi connectivity index (χ4n) is 4.20. The molecule has 2 aliphatic rings. The van der Waals surface area contributed by atoms with Crippen LogP contribution in [-0.4, -0.2) is 65.7 Å². The monoisotopic (exact) mass is 395 g/mol. The van der Waals surface area contributed by atoms with Gasteiger partial charge in [-0.1, -0.05) is 18.2 Å². The number of hydrogen-bond acceptors (Lipinski definition) is 5. The lowest BCUT2D eigenvalue weighted by Gasteiger charge is -2.47. The van der Waals surface area contributed by atoms with Crippen LogP contribution in [0, 0.1) is 0 Å². The summed E-state index contributed by atoms with van der Waals surface area (Å²) in [7, 11) is 0. The van der Waals surface area contributed by atoms with Gasteiger partial charge in [0.2, 0.25) is 5.91 Å². The summed E-state index contributed by atoms with van der Waals surface area (Å²) >= 11 is 0. The zero-order valence-corrected chi connectivity index (χ0v) is 16.8. The third-order valence-electron chi connectivity index (χ3n) is 5.84. The van der Waals surface area contributed by atoms with Crippen molar-refractivity contribution in [2.45, 2.75) is 31.4 Å². The number of pyridine rings is 1. The molecule has 0 N–H and O–H groups in total. The van der Waals surface area contributed by atoms with E-state index in [1.807, 2.05) is 47.6 Å². The second kappa shape index (κ2) is 9.37. The Labute approximate surface area is 172 Å². The number of para-hydroxylation sites is 1. The molecule has 4 rings (SSSR count). The van der Waals surface area contributed by atoms with Crippen LogP contribution < -0.4 is 4.74 Å². The van der Waals surface area contributed by atoms with Crippen LogP contribution in [-0.2, 0) is 16.1 Å². The Morgan fingerprint density at radius 3 is 2.59 bits per heavy atom. The van der Waals surface area contributed by atoms with Crippen molar-refractivity contribution >= 4 is 5.91 Å². The number of rotatable bonds is 6. The Hall–Kier alpha value is -2.44. The van der Waals surface area contributed by atoms with Crippen molar-refractivity contribution in [3.63, 3.8) is 0 Å². The Kier molecular flexibility index (Phi) is 6.42. The van der Waals surface area contributed by atoms with E-state index in [0.717, 1.165) is 57.9 Å². The van der Waals surface area contributed by atoms with Gasteiger partial charge in [0, 0.05) is 45.1 Å². The van der Waals surface area contributed by atoms with Crippen LogP contribution in [0.25, 0.3) is 0 Å². The zero-order valence-electron chi connectivity index (χ0n) is 16.8. The minimum atomic E-state index is -0.122. The third kappa shape index (κ3) is 5.34. The van der Waals surface area contributed by atoms with Gasteiger partial charge >= 0.3 is 0 Å². The van der Waals surface area contributed by atoms with Gasteiger partial charge in [0.25, 0.3) is 0 Å². The van der Waals surface area contributed by atoms with E-state index in [2.05, 4.69) is 22.0 Å². The van der Waals surface area contributed by atoms with E-state index in [1.165, 1.54) is 5.56 Å². The number of ether oxygens (including phenoxy) is 2. The van der Waals surface area contributed by atoms with Crippen LogP contribution >= 0.6 is 0 Å². The first kappa shape index (κ1) is 19.9. The van der Waals surface area contributed by atoms with Crippen molar-refractivity contribution < 1.29 is 14.3 Å². The van der Waals surface area contributed by atoms with Crippen LogP contribution in [0.3, 0.4) is 0 Å². The minimum Gasteiger partial charge on any atom is -0.493 e. The number of amides is 1. The zero-order chi connectivity index (χ0) is 19.9. The van der Waals surface area contributed by atoms with Crippen LogP contribution in [0.15, 0.2) is 54.9 Å². The number of nitrogens with zero attached hydrogens (tertiary/aromatic N) is 3. The highest BCUT2D eigenvalue weighted by Gasteiger charge is 2.40. The summed E-state index contributed by atoms with van der Waals surface area (Å²) in [6.07, 6.45) is 5.89. The molecule has 1 aromatic heterocycles. The van der Waals surface area contributed by atoms with Crippen LogP contribution in [0.2, 0.25) is 0 Å². The highest BCUT2D eigenvalue weighted by molar-refractivity contribution is 5.76. The molecule has 0 atom stereocenters. The molecule has 0 bridgehead atoms. The van der Waals surface area contributed by atoms with Crippen molar-refractivity contribution in [1.29, 1.82) is 0 Å². The van der Waals surface area contributed by atoms with E-state index in [9.17, 15) is 4.79 Å². The number of likely N-dealkylation sites (tertiary alicyclic amines) is 1. The van der Waals surface area contributed by atoms with Gasteiger partial charge in [-0.3, -0.25) is 14.7 Å². The van der Waals surface area contributed by atoms with Crippen LogP contribution in [0.1, 0.15) is 24.8 Å². The smallest absolute Gasteiger partial charge is 0.226 e. The summed E-state index contributed by atoms with van der Waals surface area (Å²) in [4.78, 5) is 21.1. The first-order valence-corrected chi connectivity index (χ1v) is 10.4. The largest absolute Gasteiger partial charge is 0.493 e. The van der Waals surface area contributed by atoms with Gasteiger partial charge in [-0.2, -0.15) is 0 Å². The number of carbonyl (C=O) groups is 1. The number of benzene rings is 1. The van der Waals surface area contributed by atoms with Crippen LogP contribution in [0.5, 0.6) is 5.75 Å². The molecular formula is C23H29N3O3. The van der Waals surface area contributed by atoms with Gasteiger partial charge in [0.15, 0.2) is 0 Å². The summed E-state index contributed by atoms with van der Waals surface area (Å²) in [5, 5.41) is 0. The van der Waals surface area contributed by atoms with Gasteiger partial charge in [-0.15, -0.1) is 0 Å². The fourth-order valence-corrected chi connectivity index (χ4v) is 4.20. The molecule has 2 fully saturated rings. The van der Waals surface area contributed by atoms with E-state index in [0.29, 0.717) is 13.0 Å². The SMILES string of the molecule is O=C(CCOc1ccccc1)N1CCC2(CC1)CN(Cc1ccncc1)CCO2. The van der Waals surface area contributed by atoms with Gasteiger partial charge < -0.3 is 14.4 Å². The quantitative estimate of drug-likeness (QED) is 0.753. The molecule has 6 nitrogen and oxygen atoms in total.